The van der Waals surface area contributed by atoms with Crippen LogP contribution in [-0.4, -0.2) is 38.4 Å². The number of hydrogen-bond donors (Lipinski definition) is 0. The zero-order chi connectivity index (χ0) is 11.4. The molecule has 0 fully saturated rings. The van der Waals surface area contributed by atoms with E-state index in [1.54, 1.807) is 0 Å². The molecule has 0 heterocycles. The maximum Gasteiger partial charge on any atom is 0.183 e. The van der Waals surface area contributed by atoms with Gasteiger partial charge in [0.2, 0.25) is 0 Å². The van der Waals surface area contributed by atoms with Crippen molar-refractivity contribution in [2.24, 2.45) is 0 Å². The van der Waals surface area contributed by atoms with E-state index in [1.165, 1.54) is 0 Å². The molecule has 0 aliphatic carbocycles. The van der Waals surface area contributed by atoms with Gasteiger partial charge >= 0.3 is 0 Å². The van der Waals surface area contributed by atoms with Crippen molar-refractivity contribution in [1.82, 2.24) is 0 Å². The molecule has 9 heteroatoms. The lowest BCUT2D eigenvalue weighted by molar-refractivity contribution is -0.0308. The first kappa shape index (κ1) is 15.2. The van der Waals surface area contributed by atoms with Crippen LogP contribution in [0.3, 0.4) is 0 Å². The van der Waals surface area contributed by atoms with E-state index in [4.69, 9.17) is 14.2 Å². The smallest absolute Gasteiger partial charge is 0.183 e. The molecule has 0 atom stereocenters. The molecule has 0 amide bonds. The summed E-state index contributed by atoms with van der Waals surface area (Å²) in [5.74, 6) is 0. The van der Waals surface area contributed by atoms with Gasteiger partial charge in [0, 0.05) is 0 Å². The molecular weight excluding hydrogens is 261 g/mol. The van der Waals surface area contributed by atoms with E-state index in [9.17, 15) is 13.7 Å². The van der Waals surface area contributed by atoms with Crippen LogP contribution in [0.4, 0.5) is 0 Å². The second kappa shape index (κ2) is 12.3. The summed E-state index contributed by atoms with van der Waals surface area (Å²) in [6.07, 6.45) is -0.194. The van der Waals surface area contributed by atoms with Crippen LogP contribution in [0.1, 0.15) is 0 Å². The summed E-state index contributed by atoms with van der Waals surface area (Å²) >= 11 is 0. The van der Waals surface area contributed by atoms with E-state index in [2.05, 4.69) is 0 Å². The first-order chi connectivity index (χ1) is 7.35. The molecule has 0 spiro atoms. The summed E-state index contributed by atoms with van der Waals surface area (Å²) in [5, 5.41) is 0. The van der Waals surface area contributed by atoms with Crippen LogP contribution in [0.5, 0.6) is 0 Å². The Bertz CT molecular complexity index is 176. The first-order valence-corrected chi connectivity index (χ1v) is 6.98. The Morgan fingerprint density at radius 3 is 1.67 bits per heavy atom. The van der Waals surface area contributed by atoms with Gasteiger partial charge in [-0.2, -0.15) is 0 Å². The fraction of sp³-hybridized carbons (Fsp3) is 1.00. The van der Waals surface area contributed by atoms with Crippen molar-refractivity contribution in [2.75, 3.05) is 32.3 Å². The Morgan fingerprint density at radius 1 is 0.800 bits per heavy atom. The average molecular weight is 272 g/mol. The van der Waals surface area contributed by atoms with Crippen LogP contribution in [0.2, 0.25) is 0 Å². The van der Waals surface area contributed by atoms with Gasteiger partial charge in [0.05, 0.1) is 13.2 Å². The maximum absolute atomic E-state index is 10.2. The van der Waals surface area contributed by atoms with Crippen LogP contribution in [-0.2, 0) is 27.9 Å². The third kappa shape index (κ3) is 10.5. The Kier molecular flexibility index (Phi) is 12.4. The SMILES string of the molecule is O=PCOCC(COCP=O)OCP=O. The molecule has 0 aliphatic heterocycles. The Balaban J connectivity index is 3.66. The topological polar surface area (TPSA) is 78.9 Å². The summed E-state index contributed by atoms with van der Waals surface area (Å²) in [5.41, 5.74) is 0. The van der Waals surface area contributed by atoms with E-state index in [0.29, 0.717) is 0 Å². The zero-order valence-electron chi connectivity index (χ0n) is 7.90. The second-order valence-corrected chi connectivity index (χ2v) is 3.85. The minimum absolute atomic E-state index is 0.0432. The molecule has 0 rings (SSSR count). The van der Waals surface area contributed by atoms with Gasteiger partial charge in [0.15, 0.2) is 25.4 Å². The Morgan fingerprint density at radius 2 is 1.27 bits per heavy atom. The monoisotopic (exact) mass is 272 g/mol. The molecule has 15 heavy (non-hydrogen) atoms. The standard InChI is InChI=1S/C6H11O6P3/c7-13-3-10-1-6(12-5-15-9)2-11-4-14-8/h6H,1-5H2. The lowest BCUT2D eigenvalue weighted by atomic mass is 10.4. The highest BCUT2D eigenvalue weighted by atomic mass is 31.1. The number of hydrogen-bond acceptors (Lipinski definition) is 6. The lowest BCUT2D eigenvalue weighted by Crippen LogP contribution is -2.25. The van der Waals surface area contributed by atoms with Gasteiger partial charge in [-0.15, -0.1) is 0 Å². The van der Waals surface area contributed by atoms with Crippen LogP contribution < -0.4 is 0 Å². The normalized spacial score (nSPS) is 13.6. The zero-order valence-corrected chi connectivity index (χ0v) is 10.6. The lowest BCUT2D eigenvalue weighted by Gasteiger charge is -2.14. The van der Waals surface area contributed by atoms with Crippen molar-refractivity contribution >= 4 is 25.4 Å². The van der Waals surface area contributed by atoms with Gasteiger partial charge in [-0.1, -0.05) is 0 Å². The third-order valence-corrected chi connectivity index (χ3v) is 2.09. The minimum atomic E-state index is -0.394. The number of rotatable bonds is 11. The van der Waals surface area contributed by atoms with Gasteiger partial charge in [-0.25, -0.2) is 0 Å². The van der Waals surface area contributed by atoms with Crippen molar-refractivity contribution in [1.29, 1.82) is 0 Å². The quantitative estimate of drug-likeness (QED) is 0.423. The molecule has 0 unspecified atom stereocenters. The largest absolute Gasteiger partial charge is 0.367 e. The molecule has 0 aliphatic rings. The fourth-order valence-electron chi connectivity index (χ4n) is 0.723. The molecule has 0 radical (unpaired) electrons. The number of ether oxygens (including phenoxy) is 3. The Hall–Kier alpha value is 0.180. The highest BCUT2D eigenvalue weighted by Gasteiger charge is 2.09. The fourth-order valence-corrected chi connectivity index (χ4v) is 1.35. The molecule has 0 aromatic carbocycles. The van der Waals surface area contributed by atoms with Crippen LogP contribution in [0, 0.1) is 0 Å². The van der Waals surface area contributed by atoms with Crippen LogP contribution in [0.25, 0.3) is 0 Å². The van der Waals surface area contributed by atoms with Crippen LogP contribution >= 0.6 is 25.4 Å². The highest BCUT2D eigenvalue weighted by Crippen LogP contribution is 2.04. The summed E-state index contributed by atoms with van der Waals surface area (Å²) in [7, 11) is -0.334. The summed E-state index contributed by atoms with van der Waals surface area (Å²) in [4.78, 5) is 0. The van der Waals surface area contributed by atoms with E-state index in [1.807, 2.05) is 0 Å². The summed E-state index contributed by atoms with van der Waals surface area (Å²) < 4.78 is 45.3. The summed E-state index contributed by atoms with van der Waals surface area (Å²) in [6.45, 7) is 0.390. The molecular formula is C6H11O6P3. The second-order valence-electron chi connectivity index (χ2n) is 2.30. The minimum Gasteiger partial charge on any atom is -0.367 e. The van der Waals surface area contributed by atoms with E-state index in [0.717, 1.165) is 0 Å². The maximum atomic E-state index is 10.2. The third-order valence-electron chi connectivity index (χ3n) is 1.26. The Labute approximate surface area is 92.3 Å². The molecule has 0 aromatic rings. The first-order valence-electron chi connectivity index (χ1n) is 3.99. The van der Waals surface area contributed by atoms with Gasteiger partial charge < -0.3 is 14.2 Å². The summed E-state index contributed by atoms with van der Waals surface area (Å²) in [6, 6.07) is 0. The molecule has 86 valence electrons. The van der Waals surface area contributed by atoms with Gasteiger partial charge in [0.1, 0.15) is 25.1 Å². The van der Waals surface area contributed by atoms with Crippen molar-refractivity contribution in [3.8, 4) is 0 Å². The molecule has 0 aromatic heterocycles. The molecule has 6 nitrogen and oxygen atoms in total. The van der Waals surface area contributed by atoms with Crippen molar-refractivity contribution in [3.05, 3.63) is 0 Å². The van der Waals surface area contributed by atoms with Gasteiger partial charge in [-0.05, 0) is 0 Å². The predicted molar refractivity (Wildman–Crippen MR) is 54.2 cm³/mol. The molecule has 0 bridgehead atoms. The van der Waals surface area contributed by atoms with Gasteiger partial charge in [-0.3, -0.25) is 13.7 Å². The van der Waals surface area contributed by atoms with Crippen molar-refractivity contribution in [3.63, 3.8) is 0 Å². The highest BCUT2D eigenvalue weighted by molar-refractivity contribution is 7.23. The van der Waals surface area contributed by atoms with E-state index < -0.39 is 6.10 Å². The predicted octanol–water partition coefficient (Wildman–Crippen LogP) is 2.15. The van der Waals surface area contributed by atoms with Gasteiger partial charge in [0.25, 0.3) is 0 Å². The van der Waals surface area contributed by atoms with Crippen molar-refractivity contribution < 1.29 is 27.9 Å². The van der Waals surface area contributed by atoms with Crippen molar-refractivity contribution in [2.45, 2.75) is 6.10 Å². The van der Waals surface area contributed by atoms with E-state index >= 15 is 0 Å². The average Bonchev–Trinajstić information content (AvgIpc) is 2.25. The molecule has 0 N–H and O–H groups in total. The van der Waals surface area contributed by atoms with E-state index in [-0.39, 0.29) is 57.6 Å². The molecule has 0 saturated carbocycles. The molecule has 0 saturated heterocycles. The van der Waals surface area contributed by atoms with Crippen LogP contribution in [0.15, 0.2) is 0 Å².